The van der Waals surface area contributed by atoms with Gasteiger partial charge < -0.3 is 10.1 Å². The molecule has 0 aromatic carbocycles. The van der Waals surface area contributed by atoms with Crippen molar-refractivity contribution in [3.05, 3.63) is 11.9 Å². The summed E-state index contributed by atoms with van der Waals surface area (Å²) in [5, 5.41) is 8.98. The Hall–Kier alpha value is -0.480. The van der Waals surface area contributed by atoms with Gasteiger partial charge in [-0.05, 0) is 0 Å². The number of hydrogen-bond acceptors (Lipinski definition) is 3. The summed E-state index contributed by atoms with van der Waals surface area (Å²) in [6.07, 6.45) is 1.54. The van der Waals surface area contributed by atoms with Crippen molar-refractivity contribution in [1.82, 2.24) is 9.97 Å². The number of nitrogens with zero attached hydrogens (tertiary/aromatic N) is 1. The van der Waals surface area contributed by atoms with Crippen LogP contribution in [0.25, 0.3) is 0 Å². The molecule has 0 bridgehead atoms. The summed E-state index contributed by atoms with van der Waals surface area (Å²) in [5.41, 5.74) is 0.690. The Labute approximate surface area is 52.2 Å². The fourth-order valence-electron chi connectivity index (χ4n) is 0.428. The number of H-pyrrole nitrogens is 1. The van der Waals surface area contributed by atoms with E-state index >= 15 is 0 Å². The van der Waals surface area contributed by atoms with Gasteiger partial charge in [-0.15, -0.1) is 12.6 Å². The van der Waals surface area contributed by atoms with Crippen LogP contribution in [0, 0.1) is 0 Å². The van der Waals surface area contributed by atoms with Crippen LogP contribution >= 0.6 is 12.6 Å². The fourth-order valence-corrected chi connectivity index (χ4v) is 0.629. The maximum absolute atomic E-state index is 8.45. The van der Waals surface area contributed by atoms with E-state index < -0.39 is 0 Å². The molecule has 4 heteroatoms. The highest BCUT2D eigenvalue weighted by Crippen LogP contribution is 1.98. The van der Waals surface area contributed by atoms with Crippen molar-refractivity contribution in [3.8, 4) is 0 Å². The highest BCUT2D eigenvalue weighted by molar-refractivity contribution is 7.80. The molecule has 1 aromatic heterocycles. The number of aromatic nitrogens is 2. The minimum absolute atomic E-state index is 0.00639. The molecule has 0 aliphatic rings. The average molecular weight is 130 g/mol. The standard InChI is InChI=1S/C4H6N2OS/c7-2-3-1-5-4(8)6-3/h1,7H,2H2,(H2,5,6,8). The van der Waals surface area contributed by atoms with Crippen LogP contribution in [0.3, 0.4) is 0 Å². The molecule has 0 aliphatic carbocycles. The molecular formula is C4H6N2OS. The van der Waals surface area contributed by atoms with E-state index in [-0.39, 0.29) is 6.61 Å². The third-order valence-corrected chi connectivity index (χ3v) is 1.01. The number of hydrogen-bond donors (Lipinski definition) is 3. The normalized spacial score (nSPS) is 9.75. The molecule has 1 rings (SSSR count). The molecule has 0 amide bonds. The molecule has 0 spiro atoms. The highest BCUT2D eigenvalue weighted by Gasteiger charge is 1.90. The number of aliphatic hydroxyl groups is 1. The number of aromatic amines is 1. The molecular weight excluding hydrogens is 124 g/mol. The third kappa shape index (κ3) is 1.02. The maximum Gasteiger partial charge on any atom is 0.162 e. The second-order valence-electron chi connectivity index (χ2n) is 1.39. The monoisotopic (exact) mass is 130 g/mol. The molecule has 8 heavy (non-hydrogen) atoms. The van der Waals surface area contributed by atoms with Crippen molar-refractivity contribution in [3.63, 3.8) is 0 Å². The Bertz CT molecular complexity index is 174. The van der Waals surface area contributed by atoms with Crippen molar-refractivity contribution in [2.45, 2.75) is 11.8 Å². The van der Waals surface area contributed by atoms with Crippen molar-refractivity contribution < 1.29 is 5.11 Å². The first-order valence-corrected chi connectivity index (χ1v) is 2.61. The first-order chi connectivity index (χ1) is 3.83. The largest absolute Gasteiger partial charge is 0.390 e. The first-order valence-electron chi connectivity index (χ1n) is 2.16. The van der Waals surface area contributed by atoms with Crippen molar-refractivity contribution in [2.24, 2.45) is 0 Å². The number of thiol groups is 1. The molecule has 0 aliphatic heterocycles. The average Bonchev–Trinajstić information content (AvgIpc) is 2.14. The maximum atomic E-state index is 8.45. The number of nitrogens with one attached hydrogen (secondary N) is 1. The van der Waals surface area contributed by atoms with E-state index in [2.05, 4.69) is 22.6 Å². The van der Waals surface area contributed by atoms with E-state index in [0.717, 1.165) is 0 Å². The predicted molar refractivity (Wildman–Crippen MR) is 31.8 cm³/mol. The number of imidazole rings is 1. The first kappa shape index (κ1) is 5.65. The minimum Gasteiger partial charge on any atom is -0.390 e. The van der Waals surface area contributed by atoms with Gasteiger partial charge in [0.15, 0.2) is 5.16 Å². The summed E-state index contributed by atoms with van der Waals surface area (Å²) in [4.78, 5) is 6.46. The van der Waals surface area contributed by atoms with E-state index in [0.29, 0.717) is 10.9 Å². The molecule has 44 valence electrons. The summed E-state index contributed by atoms with van der Waals surface area (Å²) in [7, 11) is 0. The number of rotatable bonds is 1. The van der Waals surface area contributed by atoms with E-state index in [1.54, 1.807) is 6.20 Å². The van der Waals surface area contributed by atoms with Gasteiger partial charge in [0.25, 0.3) is 0 Å². The van der Waals surface area contributed by atoms with Crippen LogP contribution < -0.4 is 0 Å². The smallest absolute Gasteiger partial charge is 0.162 e. The molecule has 1 heterocycles. The lowest BCUT2D eigenvalue weighted by Gasteiger charge is -1.81. The van der Waals surface area contributed by atoms with Crippen LogP contribution in [-0.4, -0.2) is 15.1 Å². The van der Waals surface area contributed by atoms with Crippen LogP contribution in [0.5, 0.6) is 0 Å². The van der Waals surface area contributed by atoms with Crippen molar-refractivity contribution in [2.75, 3.05) is 0 Å². The fraction of sp³-hybridized carbons (Fsp3) is 0.250. The second kappa shape index (κ2) is 2.19. The van der Waals surface area contributed by atoms with Crippen LogP contribution in [0.15, 0.2) is 11.4 Å². The molecule has 3 nitrogen and oxygen atoms in total. The van der Waals surface area contributed by atoms with E-state index in [1.807, 2.05) is 0 Å². The highest BCUT2D eigenvalue weighted by atomic mass is 32.1. The molecule has 0 unspecified atom stereocenters. The molecule has 0 saturated carbocycles. The van der Waals surface area contributed by atoms with Gasteiger partial charge in [-0.3, -0.25) is 0 Å². The minimum atomic E-state index is -0.00639. The lowest BCUT2D eigenvalue weighted by molar-refractivity contribution is 0.277. The zero-order valence-corrected chi connectivity index (χ0v) is 5.02. The topological polar surface area (TPSA) is 48.9 Å². The van der Waals surface area contributed by atoms with Crippen LogP contribution in [0.4, 0.5) is 0 Å². The third-order valence-electron chi connectivity index (χ3n) is 0.785. The Morgan fingerprint density at radius 2 is 2.62 bits per heavy atom. The van der Waals surface area contributed by atoms with Gasteiger partial charge in [0.1, 0.15) is 0 Å². The zero-order chi connectivity index (χ0) is 5.98. The van der Waals surface area contributed by atoms with Gasteiger partial charge in [0.05, 0.1) is 18.5 Å². The summed E-state index contributed by atoms with van der Waals surface area (Å²) in [6, 6.07) is 0. The SMILES string of the molecule is OCc1cnc(S)[nH]1. The van der Waals surface area contributed by atoms with E-state index in [4.69, 9.17) is 5.11 Å². The molecule has 0 saturated heterocycles. The van der Waals surface area contributed by atoms with E-state index in [9.17, 15) is 0 Å². The van der Waals surface area contributed by atoms with E-state index in [1.165, 1.54) is 0 Å². The van der Waals surface area contributed by atoms with Gasteiger partial charge in [0.2, 0.25) is 0 Å². The molecule has 1 aromatic rings. The zero-order valence-electron chi connectivity index (χ0n) is 4.13. The molecule has 0 fully saturated rings. The molecule has 0 radical (unpaired) electrons. The summed E-state index contributed by atoms with van der Waals surface area (Å²) in [5.74, 6) is 0. The van der Waals surface area contributed by atoms with Crippen LogP contribution in [-0.2, 0) is 6.61 Å². The summed E-state index contributed by atoms with van der Waals surface area (Å²) in [6.45, 7) is -0.00639. The van der Waals surface area contributed by atoms with Crippen LogP contribution in [0.1, 0.15) is 5.69 Å². The van der Waals surface area contributed by atoms with Crippen molar-refractivity contribution in [1.29, 1.82) is 0 Å². The Morgan fingerprint density at radius 1 is 1.88 bits per heavy atom. The lowest BCUT2D eigenvalue weighted by atomic mass is 10.5. The number of aliphatic hydroxyl groups excluding tert-OH is 1. The predicted octanol–water partition coefficient (Wildman–Crippen LogP) is 0.191. The van der Waals surface area contributed by atoms with Gasteiger partial charge in [-0.1, -0.05) is 0 Å². The Balaban J connectivity index is 2.84. The second-order valence-corrected chi connectivity index (χ2v) is 1.81. The summed E-state index contributed by atoms with van der Waals surface area (Å²) < 4.78 is 0. The Kier molecular flexibility index (Phi) is 1.55. The molecule has 0 atom stereocenters. The van der Waals surface area contributed by atoms with Crippen molar-refractivity contribution >= 4 is 12.6 Å². The van der Waals surface area contributed by atoms with Crippen LogP contribution in [0.2, 0.25) is 0 Å². The lowest BCUT2D eigenvalue weighted by Crippen LogP contribution is -1.79. The Morgan fingerprint density at radius 3 is 2.88 bits per heavy atom. The van der Waals surface area contributed by atoms with Gasteiger partial charge >= 0.3 is 0 Å². The molecule has 2 N–H and O–H groups in total. The van der Waals surface area contributed by atoms with Gasteiger partial charge in [-0.25, -0.2) is 4.98 Å². The van der Waals surface area contributed by atoms with Gasteiger partial charge in [-0.2, -0.15) is 0 Å². The quantitative estimate of drug-likeness (QED) is 0.475. The summed E-state index contributed by atoms with van der Waals surface area (Å²) >= 11 is 3.88. The van der Waals surface area contributed by atoms with Gasteiger partial charge in [0, 0.05) is 0 Å².